The highest BCUT2D eigenvalue weighted by Crippen LogP contribution is 2.42. The van der Waals surface area contributed by atoms with Crippen molar-refractivity contribution < 1.29 is 13.9 Å². The predicted molar refractivity (Wildman–Crippen MR) is 57.4 cm³/mol. The Morgan fingerprint density at radius 2 is 2.13 bits per heavy atom. The van der Waals surface area contributed by atoms with E-state index in [1.165, 1.54) is 0 Å². The first-order chi connectivity index (χ1) is 6.91. The summed E-state index contributed by atoms with van der Waals surface area (Å²) in [4.78, 5) is 0. The van der Waals surface area contributed by atoms with Gasteiger partial charge in [0.15, 0.2) is 11.6 Å². The minimum Gasteiger partial charge on any atom is -0.453 e. The third kappa shape index (κ3) is 1.70. The maximum absolute atomic E-state index is 14.0. The van der Waals surface area contributed by atoms with Crippen LogP contribution in [0.3, 0.4) is 0 Å². The van der Waals surface area contributed by atoms with Crippen LogP contribution in [-0.2, 0) is 5.54 Å². The van der Waals surface area contributed by atoms with Gasteiger partial charge < -0.3 is 15.2 Å². The second-order valence-corrected chi connectivity index (χ2v) is 4.86. The van der Waals surface area contributed by atoms with E-state index in [1.807, 2.05) is 0 Å². The lowest BCUT2D eigenvalue weighted by Gasteiger charge is -2.22. The zero-order valence-corrected chi connectivity index (χ0v) is 10.0. The van der Waals surface area contributed by atoms with Gasteiger partial charge in [0.25, 0.3) is 0 Å². The quantitative estimate of drug-likeness (QED) is 0.857. The molecule has 0 radical (unpaired) electrons. The van der Waals surface area contributed by atoms with Gasteiger partial charge in [0, 0.05) is 15.6 Å². The molecule has 1 aromatic carbocycles. The van der Waals surface area contributed by atoms with E-state index in [9.17, 15) is 4.39 Å². The Hall–Kier alpha value is -0.810. The second kappa shape index (κ2) is 3.35. The molecular weight excluding hydrogens is 265 g/mol. The fraction of sp³-hybridized carbons (Fsp3) is 0.400. The van der Waals surface area contributed by atoms with Crippen molar-refractivity contribution in [2.24, 2.45) is 5.73 Å². The number of nitrogens with two attached hydrogens (primary N) is 1. The van der Waals surface area contributed by atoms with Crippen LogP contribution in [0.5, 0.6) is 11.5 Å². The molecule has 1 aliphatic heterocycles. The molecule has 15 heavy (non-hydrogen) atoms. The van der Waals surface area contributed by atoms with Gasteiger partial charge in [-0.15, -0.1) is 0 Å². The second-order valence-electron chi connectivity index (χ2n) is 4.00. The Bertz CT molecular complexity index is 415. The van der Waals surface area contributed by atoms with Crippen molar-refractivity contribution >= 4 is 15.9 Å². The number of hydrogen-bond acceptors (Lipinski definition) is 3. The van der Waals surface area contributed by atoms with E-state index in [4.69, 9.17) is 15.2 Å². The highest BCUT2D eigenvalue weighted by atomic mass is 79.9. The summed E-state index contributed by atoms with van der Waals surface area (Å²) in [5.74, 6) is 0.100. The smallest absolute Gasteiger partial charge is 0.231 e. The Kier molecular flexibility index (Phi) is 2.39. The number of ether oxygens (including phenoxy) is 2. The molecule has 0 atom stereocenters. The fourth-order valence-corrected chi connectivity index (χ4v) is 2.46. The standard InChI is InChI=1S/C10H11BrFNO2/c1-10(2,13)7-5(11)3-6-9(8(7)12)15-4-14-6/h3H,4,13H2,1-2H3. The van der Waals surface area contributed by atoms with Crippen LogP contribution in [0.4, 0.5) is 4.39 Å². The fourth-order valence-electron chi connectivity index (χ4n) is 1.56. The largest absolute Gasteiger partial charge is 0.453 e. The summed E-state index contributed by atoms with van der Waals surface area (Å²) in [7, 11) is 0. The van der Waals surface area contributed by atoms with Crippen molar-refractivity contribution in [1.82, 2.24) is 0 Å². The minimum atomic E-state index is -0.774. The molecule has 0 saturated heterocycles. The molecule has 3 nitrogen and oxygen atoms in total. The SMILES string of the molecule is CC(C)(N)c1c(Br)cc2c(c1F)OCO2. The monoisotopic (exact) mass is 275 g/mol. The first-order valence-electron chi connectivity index (χ1n) is 4.48. The average molecular weight is 276 g/mol. The molecule has 0 aliphatic carbocycles. The molecule has 0 spiro atoms. The summed E-state index contributed by atoms with van der Waals surface area (Å²) < 4.78 is 24.8. The Labute approximate surface area is 95.5 Å². The third-order valence-corrected chi connectivity index (χ3v) is 2.83. The van der Waals surface area contributed by atoms with Crippen molar-refractivity contribution in [3.05, 3.63) is 21.9 Å². The van der Waals surface area contributed by atoms with Crippen LogP contribution >= 0.6 is 15.9 Å². The van der Waals surface area contributed by atoms with Crippen LogP contribution in [0.25, 0.3) is 0 Å². The van der Waals surface area contributed by atoms with Crippen LogP contribution in [0.2, 0.25) is 0 Å². The van der Waals surface area contributed by atoms with Gasteiger partial charge in [-0.2, -0.15) is 0 Å². The molecule has 0 amide bonds. The van der Waals surface area contributed by atoms with Crippen molar-refractivity contribution in [2.45, 2.75) is 19.4 Å². The zero-order chi connectivity index (χ0) is 11.2. The van der Waals surface area contributed by atoms with Crippen molar-refractivity contribution in [1.29, 1.82) is 0 Å². The van der Waals surface area contributed by atoms with Crippen LogP contribution in [-0.4, -0.2) is 6.79 Å². The minimum absolute atomic E-state index is 0.0488. The summed E-state index contributed by atoms with van der Waals surface area (Å²) in [6.45, 7) is 3.52. The van der Waals surface area contributed by atoms with Gasteiger partial charge in [-0.05, 0) is 19.9 Å². The lowest BCUT2D eigenvalue weighted by molar-refractivity contribution is 0.170. The van der Waals surface area contributed by atoms with Gasteiger partial charge in [-0.3, -0.25) is 0 Å². The highest BCUT2D eigenvalue weighted by Gasteiger charge is 2.30. The van der Waals surface area contributed by atoms with Crippen LogP contribution in [0, 0.1) is 5.82 Å². The summed E-state index contributed by atoms with van der Waals surface area (Å²) in [6.07, 6.45) is 0. The number of fused-ring (bicyclic) bond motifs is 1. The van der Waals surface area contributed by atoms with Crippen LogP contribution < -0.4 is 15.2 Å². The first kappa shape index (κ1) is 10.7. The normalized spacial score (nSPS) is 14.5. The molecule has 82 valence electrons. The van der Waals surface area contributed by atoms with E-state index in [0.717, 1.165) is 0 Å². The Morgan fingerprint density at radius 1 is 1.47 bits per heavy atom. The number of rotatable bonds is 1. The Balaban J connectivity index is 2.67. The summed E-state index contributed by atoms with van der Waals surface area (Å²) in [5, 5.41) is 0. The van der Waals surface area contributed by atoms with Gasteiger partial charge in [0.2, 0.25) is 12.5 Å². The van der Waals surface area contributed by atoms with E-state index in [-0.39, 0.29) is 12.5 Å². The number of halogens is 2. The van der Waals surface area contributed by atoms with E-state index in [1.54, 1.807) is 19.9 Å². The van der Waals surface area contributed by atoms with E-state index in [0.29, 0.717) is 15.8 Å². The molecule has 1 heterocycles. The maximum Gasteiger partial charge on any atom is 0.231 e. The summed E-state index contributed by atoms with van der Waals surface area (Å²) >= 11 is 3.28. The molecule has 1 aromatic rings. The molecule has 0 saturated carbocycles. The van der Waals surface area contributed by atoms with Crippen molar-refractivity contribution in [3.8, 4) is 11.5 Å². The van der Waals surface area contributed by atoms with Gasteiger partial charge in [0.1, 0.15) is 0 Å². The van der Waals surface area contributed by atoms with Gasteiger partial charge in [-0.1, -0.05) is 15.9 Å². The average Bonchev–Trinajstić information content (AvgIpc) is 2.48. The topological polar surface area (TPSA) is 44.5 Å². The predicted octanol–water partition coefficient (Wildman–Crippen LogP) is 2.51. The molecule has 1 aliphatic rings. The van der Waals surface area contributed by atoms with Gasteiger partial charge in [0.05, 0.1) is 0 Å². The molecular formula is C10H11BrFNO2. The number of hydrogen-bond donors (Lipinski definition) is 1. The van der Waals surface area contributed by atoms with E-state index in [2.05, 4.69) is 15.9 Å². The highest BCUT2D eigenvalue weighted by molar-refractivity contribution is 9.10. The van der Waals surface area contributed by atoms with Gasteiger partial charge >= 0.3 is 0 Å². The molecule has 2 N–H and O–H groups in total. The van der Waals surface area contributed by atoms with Crippen molar-refractivity contribution in [3.63, 3.8) is 0 Å². The summed E-state index contributed by atoms with van der Waals surface area (Å²) in [6, 6.07) is 1.68. The molecule has 2 rings (SSSR count). The van der Waals surface area contributed by atoms with Gasteiger partial charge in [-0.25, -0.2) is 4.39 Å². The van der Waals surface area contributed by atoms with Crippen LogP contribution in [0.15, 0.2) is 10.5 Å². The van der Waals surface area contributed by atoms with E-state index >= 15 is 0 Å². The molecule has 0 fully saturated rings. The lowest BCUT2D eigenvalue weighted by atomic mass is 9.94. The molecule has 0 unspecified atom stereocenters. The third-order valence-electron chi connectivity index (χ3n) is 2.20. The first-order valence-corrected chi connectivity index (χ1v) is 5.27. The maximum atomic E-state index is 14.0. The molecule has 0 bridgehead atoms. The lowest BCUT2D eigenvalue weighted by Crippen LogP contribution is -2.30. The van der Waals surface area contributed by atoms with Crippen LogP contribution in [0.1, 0.15) is 19.4 Å². The van der Waals surface area contributed by atoms with E-state index < -0.39 is 11.4 Å². The number of benzene rings is 1. The molecule has 0 aromatic heterocycles. The Morgan fingerprint density at radius 3 is 2.73 bits per heavy atom. The zero-order valence-electron chi connectivity index (χ0n) is 8.43. The summed E-state index contributed by atoms with van der Waals surface area (Å²) in [5.41, 5.74) is 5.51. The van der Waals surface area contributed by atoms with Crippen molar-refractivity contribution in [2.75, 3.05) is 6.79 Å². The molecule has 5 heteroatoms.